The highest BCUT2D eigenvalue weighted by Crippen LogP contribution is 2.10. The first-order valence-corrected chi connectivity index (χ1v) is 6.82. The number of sulfone groups is 1. The van der Waals surface area contributed by atoms with Gasteiger partial charge in [0.05, 0.1) is 0 Å². The standard InChI is InChI=1S/C11H15NO3S/c1-8-4-6-10(7-5-8)12-11(13)9(2)16(3,14)15/h4-7,9H,1-3H3,(H,12,13). The number of aryl methyl sites for hydroxylation is 1. The average Bonchev–Trinajstić information content (AvgIpc) is 2.19. The predicted molar refractivity (Wildman–Crippen MR) is 64.1 cm³/mol. The Hall–Kier alpha value is -1.36. The maximum absolute atomic E-state index is 11.6. The molecule has 0 aliphatic carbocycles. The molecule has 1 unspecified atom stereocenters. The lowest BCUT2D eigenvalue weighted by molar-refractivity contribution is -0.115. The van der Waals surface area contributed by atoms with Gasteiger partial charge in [-0.3, -0.25) is 4.79 Å². The van der Waals surface area contributed by atoms with Crippen molar-refractivity contribution in [3.63, 3.8) is 0 Å². The van der Waals surface area contributed by atoms with Crippen LogP contribution in [0.4, 0.5) is 5.69 Å². The number of hydrogen-bond donors (Lipinski definition) is 1. The third-order valence-electron chi connectivity index (χ3n) is 2.33. The largest absolute Gasteiger partial charge is 0.325 e. The normalized spacial score (nSPS) is 13.2. The Bertz CT molecular complexity index is 476. The molecular weight excluding hydrogens is 226 g/mol. The lowest BCUT2D eigenvalue weighted by Crippen LogP contribution is -2.31. The summed E-state index contributed by atoms with van der Waals surface area (Å²) in [6.45, 7) is 3.31. The Morgan fingerprint density at radius 3 is 2.19 bits per heavy atom. The number of rotatable bonds is 3. The molecular formula is C11H15NO3S. The molecule has 16 heavy (non-hydrogen) atoms. The molecule has 0 fully saturated rings. The fourth-order valence-corrected chi connectivity index (χ4v) is 1.52. The van der Waals surface area contributed by atoms with E-state index in [1.165, 1.54) is 6.92 Å². The van der Waals surface area contributed by atoms with Crippen molar-refractivity contribution in [1.82, 2.24) is 0 Å². The summed E-state index contributed by atoms with van der Waals surface area (Å²) in [7, 11) is -3.34. The smallest absolute Gasteiger partial charge is 0.242 e. The zero-order chi connectivity index (χ0) is 12.3. The predicted octanol–water partition coefficient (Wildman–Crippen LogP) is 1.37. The van der Waals surface area contributed by atoms with Gasteiger partial charge in [-0.1, -0.05) is 17.7 Å². The van der Waals surface area contributed by atoms with Crippen LogP contribution in [-0.4, -0.2) is 25.8 Å². The van der Waals surface area contributed by atoms with Gasteiger partial charge in [0.15, 0.2) is 9.84 Å². The molecule has 0 spiro atoms. The first-order chi connectivity index (χ1) is 7.30. The number of nitrogens with one attached hydrogen (secondary N) is 1. The van der Waals surface area contributed by atoms with E-state index in [9.17, 15) is 13.2 Å². The van der Waals surface area contributed by atoms with Crippen LogP contribution in [0.2, 0.25) is 0 Å². The highest BCUT2D eigenvalue weighted by Gasteiger charge is 2.23. The third-order valence-corrected chi connectivity index (χ3v) is 3.83. The minimum Gasteiger partial charge on any atom is -0.325 e. The van der Waals surface area contributed by atoms with Crippen LogP contribution >= 0.6 is 0 Å². The van der Waals surface area contributed by atoms with E-state index in [0.717, 1.165) is 11.8 Å². The quantitative estimate of drug-likeness (QED) is 0.869. The second-order valence-corrected chi connectivity index (χ2v) is 6.19. The molecule has 0 aliphatic rings. The van der Waals surface area contributed by atoms with Crippen LogP contribution in [0, 0.1) is 6.92 Å². The molecule has 0 radical (unpaired) electrons. The molecule has 0 saturated carbocycles. The molecule has 0 saturated heterocycles. The SMILES string of the molecule is Cc1ccc(NC(=O)C(C)S(C)(=O)=O)cc1. The molecule has 1 aromatic carbocycles. The summed E-state index contributed by atoms with van der Waals surface area (Å²) in [5.74, 6) is -0.508. The summed E-state index contributed by atoms with van der Waals surface area (Å²) in [5, 5.41) is 1.52. The minimum atomic E-state index is -3.34. The summed E-state index contributed by atoms with van der Waals surface area (Å²) in [4.78, 5) is 11.6. The number of amides is 1. The molecule has 1 aromatic rings. The Labute approximate surface area is 95.6 Å². The van der Waals surface area contributed by atoms with Gasteiger partial charge in [0.25, 0.3) is 0 Å². The lowest BCUT2D eigenvalue weighted by Gasteiger charge is -2.10. The van der Waals surface area contributed by atoms with E-state index >= 15 is 0 Å². The van der Waals surface area contributed by atoms with Crippen molar-refractivity contribution in [2.24, 2.45) is 0 Å². The van der Waals surface area contributed by atoms with Crippen molar-refractivity contribution in [3.8, 4) is 0 Å². The van der Waals surface area contributed by atoms with Gasteiger partial charge in [0.1, 0.15) is 5.25 Å². The van der Waals surface area contributed by atoms with Gasteiger partial charge in [0.2, 0.25) is 5.91 Å². The minimum absolute atomic E-state index is 0.508. The van der Waals surface area contributed by atoms with E-state index in [2.05, 4.69) is 5.32 Å². The van der Waals surface area contributed by atoms with Crippen LogP contribution in [0.3, 0.4) is 0 Å². The van der Waals surface area contributed by atoms with Gasteiger partial charge in [-0.2, -0.15) is 0 Å². The van der Waals surface area contributed by atoms with E-state index in [1.807, 2.05) is 19.1 Å². The molecule has 5 heteroatoms. The van der Waals surface area contributed by atoms with Crippen LogP contribution in [0.5, 0.6) is 0 Å². The van der Waals surface area contributed by atoms with Gasteiger partial charge in [-0.25, -0.2) is 8.42 Å². The van der Waals surface area contributed by atoms with E-state index < -0.39 is 21.0 Å². The van der Waals surface area contributed by atoms with Gasteiger partial charge in [0, 0.05) is 11.9 Å². The molecule has 0 aliphatic heterocycles. The van der Waals surface area contributed by atoms with E-state index in [0.29, 0.717) is 5.69 Å². The highest BCUT2D eigenvalue weighted by molar-refractivity contribution is 7.92. The fourth-order valence-electron chi connectivity index (χ4n) is 1.08. The van der Waals surface area contributed by atoms with Crippen molar-refractivity contribution in [2.45, 2.75) is 19.1 Å². The van der Waals surface area contributed by atoms with Gasteiger partial charge >= 0.3 is 0 Å². The highest BCUT2D eigenvalue weighted by atomic mass is 32.2. The number of benzene rings is 1. The monoisotopic (exact) mass is 241 g/mol. The lowest BCUT2D eigenvalue weighted by atomic mass is 10.2. The average molecular weight is 241 g/mol. The van der Waals surface area contributed by atoms with Crippen LogP contribution in [0.15, 0.2) is 24.3 Å². The van der Waals surface area contributed by atoms with Crippen molar-refractivity contribution < 1.29 is 13.2 Å². The topological polar surface area (TPSA) is 63.2 Å². The third kappa shape index (κ3) is 3.34. The van der Waals surface area contributed by atoms with Crippen LogP contribution in [0.25, 0.3) is 0 Å². The fraction of sp³-hybridized carbons (Fsp3) is 0.364. The Kier molecular flexibility index (Phi) is 3.70. The maximum atomic E-state index is 11.6. The molecule has 0 bridgehead atoms. The Balaban J connectivity index is 2.76. The van der Waals surface area contributed by atoms with Crippen molar-refractivity contribution in [3.05, 3.63) is 29.8 Å². The van der Waals surface area contributed by atoms with Gasteiger partial charge < -0.3 is 5.32 Å². The molecule has 1 amide bonds. The van der Waals surface area contributed by atoms with Crippen LogP contribution in [-0.2, 0) is 14.6 Å². The number of anilines is 1. The maximum Gasteiger partial charge on any atom is 0.242 e. The first-order valence-electron chi connectivity index (χ1n) is 4.87. The second kappa shape index (κ2) is 4.65. The number of carbonyl (C=O) groups excluding carboxylic acids is 1. The first kappa shape index (κ1) is 12.7. The van der Waals surface area contributed by atoms with E-state index in [-0.39, 0.29) is 0 Å². The Morgan fingerprint density at radius 2 is 1.75 bits per heavy atom. The summed E-state index contributed by atoms with van der Waals surface area (Å²) in [5.41, 5.74) is 1.68. The summed E-state index contributed by atoms with van der Waals surface area (Å²) in [6.07, 6.45) is 1.05. The molecule has 0 aromatic heterocycles. The van der Waals surface area contributed by atoms with E-state index in [4.69, 9.17) is 0 Å². The van der Waals surface area contributed by atoms with E-state index in [1.54, 1.807) is 12.1 Å². The molecule has 1 N–H and O–H groups in total. The summed E-state index contributed by atoms with van der Waals surface area (Å²) >= 11 is 0. The molecule has 1 rings (SSSR count). The zero-order valence-corrected chi connectivity index (χ0v) is 10.3. The van der Waals surface area contributed by atoms with Gasteiger partial charge in [-0.05, 0) is 26.0 Å². The van der Waals surface area contributed by atoms with Crippen LogP contribution in [0.1, 0.15) is 12.5 Å². The number of carbonyl (C=O) groups is 1. The van der Waals surface area contributed by atoms with Crippen molar-refractivity contribution >= 4 is 21.4 Å². The molecule has 0 heterocycles. The summed E-state index contributed by atoms with van der Waals surface area (Å²) in [6, 6.07) is 7.17. The van der Waals surface area contributed by atoms with Crippen LogP contribution < -0.4 is 5.32 Å². The number of hydrogen-bond acceptors (Lipinski definition) is 3. The molecule has 88 valence electrons. The zero-order valence-electron chi connectivity index (χ0n) is 9.52. The Morgan fingerprint density at radius 1 is 1.25 bits per heavy atom. The molecule has 1 atom stereocenters. The summed E-state index contributed by atoms with van der Waals surface area (Å²) < 4.78 is 22.3. The van der Waals surface area contributed by atoms with Crippen molar-refractivity contribution in [1.29, 1.82) is 0 Å². The molecule has 4 nitrogen and oxygen atoms in total. The van der Waals surface area contributed by atoms with Crippen molar-refractivity contribution in [2.75, 3.05) is 11.6 Å². The van der Waals surface area contributed by atoms with Gasteiger partial charge in [-0.15, -0.1) is 0 Å². The second-order valence-electron chi connectivity index (χ2n) is 3.83.